The van der Waals surface area contributed by atoms with Gasteiger partial charge in [0.2, 0.25) is 10.0 Å². The smallest absolute Gasteiger partial charge is 0.247 e. The van der Waals surface area contributed by atoms with E-state index in [0.29, 0.717) is 5.69 Å². The highest BCUT2D eigenvalue weighted by Crippen LogP contribution is 2.12. The Morgan fingerprint density at radius 2 is 1.62 bits per heavy atom. The van der Waals surface area contributed by atoms with Gasteiger partial charge in [-0.2, -0.15) is 0 Å². The maximum absolute atomic E-state index is 11.4. The maximum Gasteiger partial charge on any atom is 0.247 e. The van der Waals surface area contributed by atoms with Gasteiger partial charge >= 0.3 is 0 Å². The normalized spacial score (nSPS) is 12.3. The summed E-state index contributed by atoms with van der Waals surface area (Å²) >= 11 is 0. The molecule has 0 heterocycles. The monoisotopic (exact) mass is 264 g/mol. The summed E-state index contributed by atoms with van der Waals surface area (Å²) in [5, 5.41) is -0.940. The highest BCUT2D eigenvalue weighted by atomic mass is 32.3. The molecule has 0 atom stereocenters. The zero-order valence-corrected chi connectivity index (χ0v) is 10.2. The van der Waals surface area contributed by atoms with Crippen LogP contribution in [0.4, 0.5) is 11.4 Å². The number of rotatable bonds is 4. The Morgan fingerprint density at radius 1 is 1.12 bits per heavy atom. The molecule has 1 rings (SSSR count). The van der Waals surface area contributed by atoms with Crippen molar-refractivity contribution in [2.45, 2.75) is 0 Å². The van der Waals surface area contributed by atoms with E-state index in [9.17, 15) is 16.8 Å². The first-order valence-corrected chi connectivity index (χ1v) is 7.93. The molecular formula is C8H12N2O4S2. The summed E-state index contributed by atoms with van der Waals surface area (Å²) in [5.41, 5.74) is 6.19. The minimum Gasteiger partial charge on any atom is -0.399 e. The highest BCUT2D eigenvalue weighted by molar-refractivity contribution is 8.08. The fraction of sp³-hybridized carbons (Fsp3) is 0.250. The molecule has 0 radical (unpaired) electrons. The van der Waals surface area contributed by atoms with E-state index >= 15 is 0 Å². The number of hydrogen-bond acceptors (Lipinski definition) is 5. The molecule has 0 amide bonds. The number of nitrogens with two attached hydrogens (primary N) is 1. The quantitative estimate of drug-likeness (QED) is 0.745. The fourth-order valence-electron chi connectivity index (χ4n) is 1.04. The molecule has 8 heteroatoms. The number of sulfone groups is 1. The summed E-state index contributed by atoms with van der Waals surface area (Å²) in [5.74, 6) is 0. The Hall–Kier alpha value is -1.28. The van der Waals surface area contributed by atoms with Crippen LogP contribution in [0.2, 0.25) is 0 Å². The van der Waals surface area contributed by atoms with Gasteiger partial charge in [-0.15, -0.1) is 0 Å². The molecule has 6 nitrogen and oxygen atoms in total. The first-order valence-electron chi connectivity index (χ1n) is 4.22. The lowest BCUT2D eigenvalue weighted by Gasteiger charge is -2.06. The molecule has 90 valence electrons. The van der Waals surface area contributed by atoms with Gasteiger partial charge < -0.3 is 5.73 Å². The summed E-state index contributed by atoms with van der Waals surface area (Å²) in [4.78, 5) is 0. The summed E-state index contributed by atoms with van der Waals surface area (Å²) in [7, 11) is -7.47. The van der Waals surface area contributed by atoms with Crippen LogP contribution in [0.1, 0.15) is 0 Å². The average molecular weight is 264 g/mol. The molecule has 0 saturated heterocycles. The van der Waals surface area contributed by atoms with E-state index in [-0.39, 0.29) is 5.69 Å². The van der Waals surface area contributed by atoms with Crippen molar-refractivity contribution in [3.05, 3.63) is 24.3 Å². The minimum absolute atomic E-state index is 0.276. The molecule has 0 fully saturated rings. The van der Waals surface area contributed by atoms with Crippen molar-refractivity contribution in [1.82, 2.24) is 0 Å². The van der Waals surface area contributed by atoms with Crippen LogP contribution < -0.4 is 10.5 Å². The van der Waals surface area contributed by atoms with Crippen LogP contribution in [-0.2, 0) is 19.9 Å². The molecule has 16 heavy (non-hydrogen) atoms. The van der Waals surface area contributed by atoms with E-state index in [2.05, 4.69) is 4.72 Å². The van der Waals surface area contributed by atoms with Gasteiger partial charge in [0.1, 0.15) is 0 Å². The number of hydrogen-bond donors (Lipinski definition) is 2. The minimum atomic E-state index is -3.88. The van der Waals surface area contributed by atoms with Crippen molar-refractivity contribution in [1.29, 1.82) is 0 Å². The summed E-state index contributed by atoms with van der Waals surface area (Å²) in [6, 6.07) is 5.93. The van der Waals surface area contributed by atoms with Crippen molar-refractivity contribution in [3.8, 4) is 0 Å². The van der Waals surface area contributed by atoms with E-state index in [0.717, 1.165) is 6.26 Å². The third-order valence-corrected chi connectivity index (χ3v) is 5.05. The molecule has 0 aromatic heterocycles. The summed E-state index contributed by atoms with van der Waals surface area (Å²) in [6.07, 6.45) is 0.856. The topological polar surface area (TPSA) is 106 Å². The van der Waals surface area contributed by atoms with Crippen LogP contribution in [0, 0.1) is 0 Å². The first kappa shape index (κ1) is 12.8. The number of benzene rings is 1. The molecular weight excluding hydrogens is 252 g/mol. The van der Waals surface area contributed by atoms with Gasteiger partial charge in [0.25, 0.3) is 0 Å². The van der Waals surface area contributed by atoms with Crippen LogP contribution in [0.15, 0.2) is 24.3 Å². The van der Waals surface area contributed by atoms with E-state index < -0.39 is 24.9 Å². The number of nitrogens with one attached hydrogen (secondary N) is 1. The van der Waals surface area contributed by atoms with Crippen molar-refractivity contribution in [2.24, 2.45) is 0 Å². The Kier molecular flexibility index (Phi) is 3.44. The highest BCUT2D eigenvalue weighted by Gasteiger charge is 2.17. The van der Waals surface area contributed by atoms with Crippen LogP contribution in [0.25, 0.3) is 0 Å². The third kappa shape index (κ3) is 4.49. The lowest BCUT2D eigenvalue weighted by atomic mass is 10.3. The second kappa shape index (κ2) is 4.30. The van der Waals surface area contributed by atoms with Gasteiger partial charge in [-0.1, -0.05) is 0 Å². The Balaban J connectivity index is 2.85. The van der Waals surface area contributed by atoms with Crippen LogP contribution in [0.5, 0.6) is 0 Å². The van der Waals surface area contributed by atoms with E-state index in [1.165, 1.54) is 24.3 Å². The van der Waals surface area contributed by atoms with Gasteiger partial charge in [0.15, 0.2) is 14.9 Å². The van der Waals surface area contributed by atoms with Crippen LogP contribution >= 0.6 is 0 Å². The molecule has 0 aliphatic carbocycles. The van der Waals surface area contributed by atoms with Gasteiger partial charge in [-0.05, 0) is 24.3 Å². The summed E-state index contributed by atoms with van der Waals surface area (Å²) in [6.45, 7) is 0. The molecule has 0 unspecified atom stereocenters. The molecule has 0 bridgehead atoms. The predicted octanol–water partition coefficient (Wildman–Crippen LogP) is 0.0126. The Bertz CT molecular complexity index is 561. The number of nitrogen functional groups attached to an aromatic ring is 1. The van der Waals surface area contributed by atoms with Crippen molar-refractivity contribution in [2.75, 3.05) is 21.8 Å². The van der Waals surface area contributed by atoms with Crippen LogP contribution in [0.3, 0.4) is 0 Å². The third-order valence-electron chi connectivity index (χ3n) is 1.55. The van der Waals surface area contributed by atoms with Gasteiger partial charge in [0.05, 0.1) is 0 Å². The Labute approximate surface area is 94.4 Å². The molecule has 3 N–H and O–H groups in total. The zero-order chi connectivity index (χ0) is 12.4. The number of anilines is 2. The second-order valence-corrected chi connectivity index (χ2v) is 7.61. The van der Waals surface area contributed by atoms with Crippen molar-refractivity contribution in [3.63, 3.8) is 0 Å². The van der Waals surface area contributed by atoms with E-state index in [4.69, 9.17) is 5.73 Å². The summed E-state index contributed by atoms with van der Waals surface area (Å²) < 4.78 is 46.6. The molecule has 0 aliphatic heterocycles. The van der Waals surface area contributed by atoms with Gasteiger partial charge in [-0.25, -0.2) is 16.8 Å². The van der Waals surface area contributed by atoms with E-state index in [1.54, 1.807) is 0 Å². The molecule has 0 saturated carbocycles. The SMILES string of the molecule is CS(=O)(=O)CS(=O)(=O)Nc1ccc(N)cc1. The lowest BCUT2D eigenvalue weighted by Crippen LogP contribution is -2.22. The Morgan fingerprint density at radius 3 is 2.06 bits per heavy atom. The van der Waals surface area contributed by atoms with Gasteiger partial charge in [0, 0.05) is 17.6 Å². The fourth-order valence-corrected chi connectivity index (χ4v) is 4.03. The average Bonchev–Trinajstić information content (AvgIpc) is 2.04. The molecule has 0 spiro atoms. The largest absolute Gasteiger partial charge is 0.399 e. The second-order valence-electron chi connectivity index (χ2n) is 3.38. The lowest BCUT2D eigenvalue weighted by molar-refractivity contribution is 0.595. The molecule has 0 aliphatic rings. The first-order chi connectivity index (χ1) is 7.18. The van der Waals surface area contributed by atoms with Crippen LogP contribution in [-0.4, -0.2) is 28.2 Å². The molecule has 1 aromatic rings. The van der Waals surface area contributed by atoms with Gasteiger partial charge in [-0.3, -0.25) is 4.72 Å². The zero-order valence-electron chi connectivity index (χ0n) is 8.54. The molecule has 1 aromatic carbocycles. The number of sulfonamides is 1. The predicted molar refractivity (Wildman–Crippen MR) is 63.1 cm³/mol. The maximum atomic E-state index is 11.4. The standard InChI is InChI=1S/C8H12N2O4S2/c1-15(11,12)6-16(13,14)10-8-4-2-7(9)3-5-8/h2-5,10H,6,9H2,1H3. The van der Waals surface area contributed by atoms with E-state index in [1.807, 2.05) is 0 Å². The van der Waals surface area contributed by atoms with Crippen molar-refractivity contribution >= 4 is 31.2 Å². The van der Waals surface area contributed by atoms with Crippen molar-refractivity contribution < 1.29 is 16.8 Å².